The molecule has 11 heteroatoms. The Morgan fingerprint density at radius 3 is 2.47 bits per heavy atom. The summed E-state index contributed by atoms with van der Waals surface area (Å²) in [6.45, 7) is 4.11. The SMILES string of the molecule is C=S(=O)(NC(=O)c1cncc(C#Cc2cccc(NC(=O)c3occc3C)c2)c1)c1ccc(CCC(=O)N2CCOCC2)cc1. The normalized spacial score (nSPS) is 14.0. The number of aryl methyl sites for hydroxylation is 2. The molecule has 230 valence electrons. The van der Waals surface area contributed by atoms with Gasteiger partial charge in [0.05, 0.1) is 34.7 Å². The molecule has 1 fully saturated rings. The Bertz CT molecular complexity index is 1880. The molecule has 2 aromatic carbocycles. The van der Waals surface area contributed by atoms with E-state index in [9.17, 15) is 18.6 Å². The van der Waals surface area contributed by atoms with Gasteiger partial charge in [-0.15, -0.1) is 0 Å². The number of morpholine rings is 1. The maximum Gasteiger partial charge on any atom is 0.291 e. The van der Waals surface area contributed by atoms with E-state index in [-0.39, 0.29) is 23.1 Å². The molecule has 0 radical (unpaired) electrons. The zero-order valence-corrected chi connectivity index (χ0v) is 25.5. The monoisotopic (exact) mass is 624 g/mol. The molecule has 10 nitrogen and oxygen atoms in total. The lowest BCUT2D eigenvalue weighted by atomic mass is 10.1. The van der Waals surface area contributed by atoms with E-state index in [1.165, 1.54) is 18.7 Å². The van der Waals surface area contributed by atoms with E-state index in [0.29, 0.717) is 60.9 Å². The van der Waals surface area contributed by atoms with Crippen LogP contribution in [0.2, 0.25) is 0 Å². The van der Waals surface area contributed by atoms with Gasteiger partial charge in [-0.2, -0.15) is 0 Å². The minimum absolute atomic E-state index is 0.0781. The highest BCUT2D eigenvalue weighted by Gasteiger charge is 2.18. The van der Waals surface area contributed by atoms with Crippen molar-refractivity contribution in [3.63, 3.8) is 0 Å². The standard InChI is InChI=1S/C34H32N4O6S/c1-24-14-17-44-32(24)34(41)36-29-5-3-4-26(21-29)6-7-27-20-28(23-35-22-27)33(40)37-45(2,42)30-11-8-25(9-12-30)10-13-31(39)38-15-18-43-19-16-38/h3-5,8-9,11-12,14,17,20-23H,2,10,13,15-16,18-19H2,1H3,(H,36,41)(H,37,40,42). The summed E-state index contributed by atoms with van der Waals surface area (Å²) in [4.78, 5) is 44.2. The molecule has 3 amide bonds. The van der Waals surface area contributed by atoms with E-state index < -0.39 is 15.6 Å². The van der Waals surface area contributed by atoms with Gasteiger partial charge in [-0.3, -0.25) is 24.1 Å². The predicted molar refractivity (Wildman–Crippen MR) is 171 cm³/mol. The van der Waals surface area contributed by atoms with Gasteiger partial charge in [0, 0.05) is 59.2 Å². The van der Waals surface area contributed by atoms with E-state index in [2.05, 4.69) is 32.7 Å². The molecule has 1 aliphatic heterocycles. The van der Waals surface area contributed by atoms with Crippen LogP contribution in [-0.4, -0.2) is 64.0 Å². The number of amides is 3. The molecular weight excluding hydrogens is 592 g/mol. The maximum atomic E-state index is 13.4. The largest absolute Gasteiger partial charge is 0.459 e. The van der Waals surface area contributed by atoms with Crippen LogP contribution < -0.4 is 10.0 Å². The lowest BCUT2D eigenvalue weighted by Gasteiger charge is -2.26. The van der Waals surface area contributed by atoms with Gasteiger partial charge in [0.25, 0.3) is 11.8 Å². The van der Waals surface area contributed by atoms with Gasteiger partial charge >= 0.3 is 0 Å². The summed E-state index contributed by atoms with van der Waals surface area (Å²) >= 11 is 0. The first kappa shape index (κ1) is 31.3. The molecular formula is C34H32N4O6S. The van der Waals surface area contributed by atoms with Crippen molar-refractivity contribution < 1.29 is 27.7 Å². The Balaban J connectivity index is 1.19. The average Bonchev–Trinajstić information content (AvgIpc) is 3.49. The Morgan fingerprint density at radius 2 is 1.73 bits per heavy atom. The van der Waals surface area contributed by atoms with E-state index in [1.807, 2.05) is 0 Å². The number of pyridine rings is 1. The van der Waals surface area contributed by atoms with Crippen molar-refractivity contribution in [2.75, 3.05) is 31.6 Å². The molecule has 2 N–H and O–H groups in total. The second-order valence-corrected chi connectivity index (χ2v) is 12.4. The fourth-order valence-corrected chi connectivity index (χ4v) is 5.72. The number of carbonyl (C=O) groups excluding carboxylic acids is 3. The van der Waals surface area contributed by atoms with Crippen molar-refractivity contribution >= 4 is 39.0 Å². The summed E-state index contributed by atoms with van der Waals surface area (Å²) in [5.74, 6) is 9.09. The summed E-state index contributed by atoms with van der Waals surface area (Å²) in [5.41, 5.74) is 3.47. The van der Waals surface area contributed by atoms with E-state index >= 15 is 0 Å². The maximum absolute atomic E-state index is 13.4. The summed E-state index contributed by atoms with van der Waals surface area (Å²) in [6.07, 6.45) is 5.25. The summed E-state index contributed by atoms with van der Waals surface area (Å²) in [6, 6.07) is 17.1. The van der Waals surface area contributed by atoms with Gasteiger partial charge in [0.15, 0.2) is 5.76 Å². The van der Waals surface area contributed by atoms with E-state index in [1.54, 1.807) is 72.5 Å². The molecule has 1 saturated heterocycles. The van der Waals surface area contributed by atoms with Crippen molar-refractivity contribution in [1.82, 2.24) is 14.6 Å². The van der Waals surface area contributed by atoms with Gasteiger partial charge < -0.3 is 19.4 Å². The number of rotatable bonds is 8. The minimum atomic E-state index is -3.17. The summed E-state index contributed by atoms with van der Waals surface area (Å²) in [7, 11) is -3.17. The average molecular weight is 625 g/mol. The molecule has 3 heterocycles. The zero-order valence-electron chi connectivity index (χ0n) is 24.7. The van der Waals surface area contributed by atoms with Crippen LogP contribution in [0.5, 0.6) is 0 Å². The fourth-order valence-electron chi connectivity index (χ4n) is 4.61. The molecule has 1 unspecified atom stereocenters. The number of nitrogens with zero attached hydrogens (tertiary/aromatic N) is 2. The number of ether oxygens (including phenoxy) is 1. The van der Waals surface area contributed by atoms with Crippen LogP contribution in [0.3, 0.4) is 0 Å². The highest BCUT2D eigenvalue weighted by molar-refractivity contribution is 7.99. The molecule has 0 bridgehead atoms. The van der Waals surface area contributed by atoms with Crippen molar-refractivity contribution in [2.24, 2.45) is 0 Å². The summed E-state index contributed by atoms with van der Waals surface area (Å²) in [5, 5.41) is 2.79. The van der Waals surface area contributed by atoms with Crippen molar-refractivity contribution in [2.45, 2.75) is 24.7 Å². The lowest BCUT2D eigenvalue weighted by Crippen LogP contribution is -2.40. The molecule has 0 spiro atoms. The lowest BCUT2D eigenvalue weighted by molar-refractivity contribution is -0.135. The van der Waals surface area contributed by atoms with Crippen LogP contribution in [-0.2, 0) is 25.7 Å². The molecule has 45 heavy (non-hydrogen) atoms. The number of furan rings is 1. The Morgan fingerprint density at radius 1 is 0.978 bits per heavy atom. The molecule has 5 rings (SSSR count). The van der Waals surface area contributed by atoms with Crippen molar-refractivity contribution in [3.8, 4) is 11.8 Å². The minimum Gasteiger partial charge on any atom is -0.459 e. The van der Waals surface area contributed by atoms with Crippen molar-refractivity contribution in [1.29, 1.82) is 0 Å². The van der Waals surface area contributed by atoms with E-state index in [0.717, 1.165) is 11.1 Å². The molecule has 0 saturated carbocycles. The topological polar surface area (TPSA) is 131 Å². The van der Waals surface area contributed by atoms with Crippen LogP contribution in [0.4, 0.5) is 5.69 Å². The predicted octanol–water partition coefficient (Wildman–Crippen LogP) is 3.85. The number of anilines is 1. The van der Waals surface area contributed by atoms with Gasteiger partial charge in [-0.05, 0) is 67.2 Å². The highest BCUT2D eigenvalue weighted by Crippen LogP contribution is 2.16. The molecule has 1 aliphatic rings. The zero-order chi connectivity index (χ0) is 31.8. The number of aromatic nitrogens is 1. The number of carbonyl (C=O) groups is 3. The molecule has 2 aromatic heterocycles. The smallest absolute Gasteiger partial charge is 0.291 e. The Hall–Kier alpha value is -5.18. The van der Waals surface area contributed by atoms with Gasteiger partial charge in [0.1, 0.15) is 0 Å². The van der Waals surface area contributed by atoms with Crippen LogP contribution in [0.25, 0.3) is 0 Å². The number of benzene rings is 2. The van der Waals surface area contributed by atoms with Gasteiger partial charge in [0.2, 0.25) is 5.91 Å². The second-order valence-electron chi connectivity index (χ2n) is 10.4. The summed E-state index contributed by atoms with van der Waals surface area (Å²) < 4.78 is 26.4. The first-order valence-electron chi connectivity index (χ1n) is 14.2. The molecule has 1 atom stereocenters. The second kappa shape index (κ2) is 14.1. The van der Waals surface area contributed by atoms with Crippen LogP contribution in [0.1, 0.15) is 49.6 Å². The van der Waals surface area contributed by atoms with Gasteiger partial charge in [-0.25, -0.2) is 4.21 Å². The van der Waals surface area contributed by atoms with Crippen molar-refractivity contribution in [3.05, 3.63) is 113 Å². The van der Waals surface area contributed by atoms with Crippen LogP contribution >= 0.6 is 0 Å². The quantitative estimate of drug-likeness (QED) is 0.225. The Labute approximate surface area is 261 Å². The first-order chi connectivity index (χ1) is 21.7. The number of hydrogen-bond donors (Lipinski definition) is 2. The third-order valence-electron chi connectivity index (χ3n) is 7.09. The Kier molecular flexibility index (Phi) is 9.77. The van der Waals surface area contributed by atoms with Crippen LogP contribution in [0.15, 0.2) is 88.6 Å². The first-order valence-corrected chi connectivity index (χ1v) is 16.0. The molecule has 4 aromatic rings. The fraction of sp³-hybridized carbons (Fsp3) is 0.206. The highest BCUT2D eigenvalue weighted by atomic mass is 32.2. The molecule has 0 aliphatic carbocycles. The third kappa shape index (κ3) is 8.26. The number of hydrogen-bond acceptors (Lipinski definition) is 7. The van der Waals surface area contributed by atoms with Crippen LogP contribution in [0, 0.1) is 18.8 Å². The third-order valence-corrected chi connectivity index (χ3v) is 8.64. The van der Waals surface area contributed by atoms with E-state index in [4.69, 9.17) is 9.15 Å². The number of nitrogens with one attached hydrogen (secondary N) is 2. The van der Waals surface area contributed by atoms with Gasteiger partial charge in [-0.1, -0.05) is 30.0 Å².